The maximum Gasteiger partial charge on any atom is 0.253 e. The number of amides is 1. The number of nitrogens with one attached hydrogen (secondary N) is 2. The van der Waals surface area contributed by atoms with E-state index in [9.17, 15) is 13.2 Å². The molecule has 48 heavy (non-hydrogen) atoms. The molecule has 5 rings (SSSR count). The highest BCUT2D eigenvalue weighted by molar-refractivity contribution is 7.89. The minimum Gasteiger partial charge on any atom is -0.354 e. The van der Waals surface area contributed by atoms with Gasteiger partial charge in [0.05, 0.1) is 4.90 Å². The number of piperazine rings is 2. The third kappa shape index (κ3) is 11.4. The second kappa shape index (κ2) is 18.4. The number of nitrogens with zero attached hydrogens (tertiary/aromatic N) is 5. The fourth-order valence-electron chi connectivity index (χ4n) is 5.27. The standard InChI is InChI=1S/C13H20N2O2S.C12H20N4.C12H17NO/c1-11(2)12-3-5-13(6-4-12)18(16,17)15-9-7-14-8-10-15;1-9(2)11-8-12(15-10(3)14-11)16-6-4-13-5-7-16;1-9(2)10-6-5-7-11(8-10)12(14)13(3)4/h3-6,11,14H,7-10H2,1-2H3;8-9,13H,4-7H2,1-3H3;5-9H,1-4H3. The number of benzene rings is 2. The van der Waals surface area contributed by atoms with Crippen LogP contribution in [0.1, 0.15) is 92.3 Å². The van der Waals surface area contributed by atoms with Crippen LogP contribution in [0.3, 0.4) is 0 Å². The minimum atomic E-state index is -3.31. The van der Waals surface area contributed by atoms with E-state index in [1.54, 1.807) is 35.4 Å². The van der Waals surface area contributed by atoms with E-state index in [-0.39, 0.29) is 5.91 Å². The normalized spacial score (nSPS) is 15.5. The Balaban J connectivity index is 0.000000197. The monoisotopic (exact) mass is 679 g/mol. The molecular formula is C37H57N7O3S. The summed E-state index contributed by atoms with van der Waals surface area (Å²) in [6, 6.07) is 17.2. The quantitative estimate of drug-likeness (QED) is 0.349. The van der Waals surface area contributed by atoms with Crippen molar-refractivity contribution in [3.63, 3.8) is 0 Å². The lowest BCUT2D eigenvalue weighted by Gasteiger charge is -2.29. The largest absolute Gasteiger partial charge is 0.354 e. The lowest BCUT2D eigenvalue weighted by atomic mass is 10.0. The second-order valence-corrected chi connectivity index (χ2v) is 15.4. The van der Waals surface area contributed by atoms with E-state index in [2.05, 4.69) is 79.2 Å². The topological polar surface area (TPSA) is 111 Å². The molecule has 2 aromatic carbocycles. The van der Waals surface area contributed by atoms with Crippen molar-refractivity contribution in [1.82, 2.24) is 29.8 Å². The van der Waals surface area contributed by atoms with Crippen LogP contribution in [-0.2, 0) is 10.0 Å². The first-order valence-corrected chi connectivity index (χ1v) is 18.6. The van der Waals surface area contributed by atoms with Gasteiger partial charge in [-0.05, 0) is 60.1 Å². The van der Waals surface area contributed by atoms with Crippen molar-refractivity contribution in [2.75, 3.05) is 71.4 Å². The lowest BCUT2D eigenvalue weighted by Crippen LogP contribution is -2.46. The molecule has 0 unspecified atom stereocenters. The van der Waals surface area contributed by atoms with Gasteiger partial charge < -0.3 is 20.4 Å². The molecule has 2 fully saturated rings. The molecule has 2 aliphatic rings. The number of anilines is 1. The molecule has 3 heterocycles. The van der Waals surface area contributed by atoms with Crippen molar-refractivity contribution >= 4 is 21.7 Å². The molecule has 2 saturated heterocycles. The van der Waals surface area contributed by atoms with Gasteiger partial charge in [-0.2, -0.15) is 4.31 Å². The molecule has 2 N–H and O–H groups in total. The van der Waals surface area contributed by atoms with E-state index >= 15 is 0 Å². The van der Waals surface area contributed by atoms with Crippen molar-refractivity contribution in [1.29, 1.82) is 0 Å². The Bertz CT molecular complexity index is 1550. The Morgan fingerprint density at radius 1 is 0.750 bits per heavy atom. The predicted octanol–water partition coefficient (Wildman–Crippen LogP) is 5.23. The van der Waals surface area contributed by atoms with Crippen molar-refractivity contribution in [3.05, 3.63) is 82.8 Å². The number of carbonyl (C=O) groups is 1. The van der Waals surface area contributed by atoms with Gasteiger partial charge >= 0.3 is 0 Å². The highest BCUT2D eigenvalue weighted by Gasteiger charge is 2.25. The van der Waals surface area contributed by atoms with Gasteiger partial charge in [-0.3, -0.25) is 4.79 Å². The summed E-state index contributed by atoms with van der Waals surface area (Å²) >= 11 is 0. The van der Waals surface area contributed by atoms with Crippen LogP contribution in [0.2, 0.25) is 0 Å². The third-order valence-corrected chi connectivity index (χ3v) is 10.3. The highest BCUT2D eigenvalue weighted by Crippen LogP contribution is 2.21. The Labute approximate surface area is 289 Å². The Morgan fingerprint density at radius 3 is 1.83 bits per heavy atom. The van der Waals surface area contributed by atoms with Crippen molar-refractivity contribution in [3.8, 4) is 0 Å². The van der Waals surface area contributed by atoms with Gasteiger partial charge in [0, 0.05) is 83.8 Å². The van der Waals surface area contributed by atoms with E-state index in [0.29, 0.717) is 35.7 Å². The number of hydrogen-bond donors (Lipinski definition) is 2. The van der Waals surface area contributed by atoms with Crippen molar-refractivity contribution in [2.24, 2.45) is 0 Å². The molecule has 10 nitrogen and oxygen atoms in total. The van der Waals surface area contributed by atoms with Crippen LogP contribution in [0, 0.1) is 6.92 Å². The molecule has 3 aromatic rings. The zero-order valence-electron chi connectivity index (χ0n) is 30.5. The summed E-state index contributed by atoms with van der Waals surface area (Å²) in [7, 11) is 0.225. The summed E-state index contributed by atoms with van der Waals surface area (Å²) in [4.78, 5) is 25.0. The average molecular weight is 680 g/mol. The minimum absolute atomic E-state index is 0.0625. The van der Waals surface area contributed by atoms with Crippen LogP contribution in [-0.4, -0.2) is 100.0 Å². The summed E-state index contributed by atoms with van der Waals surface area (Å²) in [5.41, 5.74) is 4.27. The van der Waals surface area contributed by atoms with Crippen LogP contribution in [0.4, 0.5) is 5.82 Å². The smallest absolute Gasteiger partial charge is 0.253 e. The zero-order chi connectivity index (χ0) is 35.4. The van der Waals surface area contributed by atoms with Gasteiger partial charge in [-0.25, -0.2) is 18.4 Å². The van der Waals surface area contributed by atoms with Gasteiger partial charge in [0.1, 0.15) is 11.6 Å². The van der Waals surface area contributed by atoms with Gasteiger partial charge in [0.15, 0.2) is 0 Å². The summed E-state index contributed by atoms with van der Waals surface area (Å²) < 4.78 is 26.3. The Morgan fingerprint density at radius 2 is 1.31 bits per heavy atom. The molecule has 0 aliphatic carbocycles. The Hall–Kier alpha value is -3.38. The van der Waals surface area contributed by atoms with Crippen molar-refractivity contribution in [2.45, 2.75) is 71.1 Å². The Kier molecular flexibility index (Phi) is 15.0. The third-order valence-electron chi connectivity index (χ3n) is 8.34. The number of sulfonamides is 1. The van der Waals surface area contributed by atoms with Gasteiger partial charge in [0.25, 0.3) is 5.91 Å². The van der Waals surface area contributed by atoms with Crippen LogP contribution < -0.4 is 15.5 Å². The molecule has 0 radical (unpaired) electrons. The zero-order valence-corrected chi connectivity index (χ0v) is 31.3. The van der Waals surface area contributed by atoms with Crippen molar-refractivity contribution < 1.29 is 13.2 Å². The molecule has 264 valence electrons. The fourth-order valence-corrected chi connectivity index (χ4v) is 6.72. The first-order valence-electron chi connectivity index (χ1n) is 17.1. The molecule has 1 amide bonds. The summed E-state index contributed by atoms with van der Waals surface area (Å²) in [5, 5.41) is 6.51. The van der Waals surface area contributed by atoms with E-state index in [1.807, 2.05) is 37.3 Å². The molecule has 1 aromatic heterocycles. The number of aromatic nitrogens is 2. The first-order chi connectivity index (χ1) is 22.7. The van der Waals surface area contributed by atoms with E-state index in [1.165, 1.54) is 5.56 Å². The van der Waals surface area contributed by atoms with Crippen LogP contribution in [0.15, 0.2) is 59.5 Å². The number of aryl methyl sites for hydroxylation is 1. The molecule has 0 saturated carbocycles. The SMILES string of the molecule is CC(C)c1ccc(S(=O)(=O)N2CCNCC2)cc1.CC(C)c1cccc(C(=O)N(C)C)c1.Cc1nc(C(C)C)cc(N2CCNCC2)n1. The molecule has 11 heteroatoms. The van der Waals surface area contributed by atoms with Gasteiger partial charge in [-0.1, -0.05) is 65.8 Å². The maximum absolute atomic E-state index is 12.4. The van der Waals surface area contributed by atoms with Gasteiger partial charge in [0.2, 0.25) is 10.0 Å². The summed E-state index contributed by atoms with van der Waals surface area (Å²) in [5.74, 6) is 3.36. The lowest BCUT2D eigenvalue weighted by molar-refractivity contribution is 0.0827. The summed E-state index contributed by atoms with van der Waals surface area (Å²) in [6.45, 7) is 21.5. The van der Waals surface area contributed by atoms with E-state index < -0.39 is 10.0 Å². The molecule has 0 bridgehead atoms. The molecule has 2 aliphatic heterocycles. The molecule has 0 spiro atoms. The second-order valence-electron chi connectivity index (χ2n) is 13.4. The van der Waals surface area contributed by atoms with E-state index in [4.69, 9.17) is 0 Å². The summed E-state index contributed by atoms with van der Waals surface area (Å²) in [6.07, 6.45) is 0. The van der Waals surface area contributed by atoms with Crippen LogP contribution >= 0.6 is 0 Å². The van der Waals surface area contributed by atoms with Gasteiger partial charge in [-0.15, -0.1) is 0 Å². The predicted molar refractivity (Wildman–Crippen MR) is 197 cm³/mol. The number of hydrogen-bond acceptors (Lipinski definition) is 8. The average Bonchev–Trinajstić information content (AvgIpc) is 3.09. The highest BCUT2D eigenvalue weighted by atomic mass is 32.2. The number of carbonyl (C=O) groups excluding carboxylic acids is 1. The molecule has 0 atom stereocenters. The van der Waals surface area contributed by atoms with E-state index in [0.717, 1.165) is 67.7 Å². The number of rotatable bonds is 7. The fraction of sp³-hybridized carbons (Fsp3) is 0.541. The molecular weight excluding hydrogens is 623 g/mol. The first kappa shape index (κ1) is 39.1. The van der Waals surface area contributed by atoms with Crippen LogP contribution in [0.25, 0.3) is 0 Å². The maximum atomic E-state index is 12.4. The van der Waals surface area contributed by atoms with Crippen LogP contribution in [0.5, 0.6) is 0 Å².